The highest BCUT2D eigenvalue weighted by Gasteiger charge is 2.24. The van der Waals surface area contributed by atoms with Crippen molar-refractivity contribution >= 4 is 54.6 Å². The standard InChI is InChI=1S/C60H38N2/c1-5-15-39(16-6-1)43-23-13-25-45(31-43)49-35-53-51-33-47(41-19-9-3-10-20-41)27-29-55(51)62-58-38-50(46-26-14-24-44(32-46)40-17-7-2-8-18-40)36-54-52-34-48(42-21-11-4-12-22-42)28-30-56(52)61(60(54)58)57(37-49)59(53)62/h1-38H. The van der Waals surface area contributed by atoms with Gasteiger partial charge in [0.2, 0.25) is 0 Å². The number of fused-ring (bicyclic) bond motifs is 8. The van der Waals surface area contributed by atoms with Gasteiger partial charge >= 0.3 is 0 Å². The molecule has 0 saturated heterocycles. The molecule has 0 spiro atoms. The fraction of sp³-hybridized carbons (Fsp3) is 0. The van der Waals surface area contributed by atoms with Crippen LogP contribution in [0.4, 0.5) is 0 Å². The molecule has 10 aromatic carbocycles. The third kappa shape index (κ3) is 5.37. The lowest BCUT2D eigenvalue weighted by Gasteiger charge is -2.15. The Balaban J connectivity index is 1.17. The minimum atomic E-state index is 1.19. The van der Waals surface area contributed by atoms with E-state index in [9.17, 15) is 0 Å². The van der Waals surface area contributed by atoms with Gasteiger partial charge in [-0.15, -0.1) is 0 Å². The predicted octanol–water partition coefficient (Wildman–Crippen LogP) is 16.2. The molecule has 0 saturated carbocycles. The van der Waals surface area contributed by atoms with Gasteiger partial charge in [-0.1, -0.05) is 170 Å². The zero-order chi connectivity index (χ0) is 40.7. The van der Waals surface area contributed by atoms with Gasteiger partial charge in [0.05, 0.1) is 33.1 Å². The lowest BCUT2D eigenvalue weighted by atomic mass is 9.96. The summed E-state index contributed by atoms with van der Waals surface area (Å²) in [4.78, 5) is 0. The van der Waals surface area contributed by atoms with Crippen LogP contribution in [-0.4, -0.2) is 8.80 Å². The van der Waals surface area contributed by atoms with Crippen LogP contribution in [0.15, 0.2) is 231 Å². The third-order valence-electron chi connectivity index (χ3n) is 13.0. The Labute approximate surface area is 359 Å². The van der Waals surface area contributed by atoms with E-state index in [1.54, 1.807) is 0 Å². The second-order valence-corrected chi connectivity index (χ2v) is 16.5. The van der Waals surface area contributed by atoms with Crippen molar-refractivity contribution in [3.8, 4) is 66.8 Å². The minimum Gasteiger partial charge on any atom is -0.305 e. The molecular formula is C60H38N2. The molecule has 3 aromatic heterocycles. The number of aromatic nitrogens is 2. The summed E-state index contributed by atoms with van der Waals surface area (Å²) in [5.41, 5.74) is 21.7. The first-order valence-corrected chi connectivity index (χ1v) is 21.4. The molecule has 0 amide bonds. The fourth-order valence-electron chi connectivity index (χ4n) is 10.1. The minimum absolute atomic E-state index is 1.19. The van der Waals surface area contributed by atoms with Gasteiger partial charge in [0.15, 0.2) is 0 Å². The van der Waals surface area contributed by atoms with E-state index >= 15 is 0 Å². The van der Waals surface area contributed by atoms with E-state index in [-0.39, 0.29) is 0 Å². The first-order chi connectivity index (χ1) is 30.7. The third-order valence-corrected chi connectivity index (χ3v) is 13.0. The molecule has 0 radical (unpaired) electrons. The maximum atomic E-state index is 2.56. The van der Waals surface area contributed by atoms with E-state index in [0.29, 0.717) is 0 Å². The Morgan fingerprint density at radius 3 is 0.823 bits per heavy atom. The highest BCUT2D eigenvalue weighted by atomic mass is 15.0. The van der Waals surface area contributed by atoms with Gasteiger partial charge in [-0.3, -0.25) is 0 Å². The molecule has 3 heterocycles. The van der Waals surface area contributed by atoms with E-state index in [0.717, 1.165) is 0 Å². The summed E-state index contributed by atoms with van der Waals surface area (Å²) >= 11 is 0. The average Bonchev–Trinajstić information content (AvgIpc) is 3.87. The Bertz CT molecular complexity index is 3570. The lowest BCUT2D eigenvalue weighted by Crippen LogP contribution is -1.98. The van der Waals surface area contributed by atoms with Crippen molar-refractivity contribution in [3.63, 3.8) is 0 Å². The zero-order valence-electron chi connectivity index (χ0n) is 33.8. The molecule has 0 fully saturated rings. The molecule has 0 aliphatic heterocycles. The van der Waals surface area contributed by atoms with Crippen LogP contribution in [0, 0.1) is 0 Å². The van der Waals surface area contributed by atoms with Gasteiger partial charge in [0.25, 0.3) is 0 Å². The van der Waals surface area contributed by atoms with Crippen molar-refractivity contribution in [1.29, 1.82) is 0 Å². The molecule has 0 bridgehead atoms. The first-order valence-electron chi connectivity index (χ1n) is 21.4. The highest BCUT2D eigenvalue weighted by molar-refractivity contribution is 6.24. The maximum absolute atomic E-state index is 2.56. The first kappa shape index (κ1) is 34.6. The Morgan fingerprint density at radius 2 is 0.468 bits per heavy atom. The molecule has 0 aliphatic rings. The summed E-state index contributed by atoms with van der Waals surface area (Å²) in [7, 11) is 0. The summed E-state index contributed by atoms with van der Waals surface area (Å²) in [5.74, 6) is 0. The van der Waals surface area contributed by atoms with Crippen LogP contribution < -0.4 is 0 Å². The molecule has 0 N–H and O–H groups in total. The van der Waals surface area contributed by atoms with Crippen molar-refractivity contribution in [2.45, 2.75) is 0 Å². The molecule has 288 valence electrons. The van der Waals surface area contributed by atoms with Crippen LogP contribution in [0.5, 0.6) is 0 Å². The average molecular weight is 787 g/mol. The molecule has 13 aromatic rings. The Morgan fingerprint density at radius 1 is 0.177 bits per heavy atom. The van der Waals surface area contributed by atoms with E-state index in [1.165, 1.54) is 121 Å². The summed E-state index contributed by atoms with van der Waals surface area (Å²) in [5, 5.41) is 4.98. The van der Waals surface area contributed by atoms with Gasteiger partial charge < -0.3 is 8.80 Å². The number of hydrogen-bond acceptors (Lipinski definition) is 0. The molecular weight excluding hydrogens is 749 g/mol. The van der Waals surface area contributed by atoms with Gasteiger partial charge in [0.1, 0.15) is 0 Å². The second-order valence-electron chi connectivity index (χ2n) is 16.5. The summed E-state index contributed by atoms with van der Waals surface area (Å²) < 4.78 is 5.12. The monoisotopic (exact) mass is 786 g/mol. The number of hydrogen-bond donors (Lipinski definition) is 0. The van der Waals surface area contributed by atoms with Crippen molar-refractivity contribution in [2.24, 2.45) is 0 Å². The van der Waals surface area contributed by atoms with Crippen molar-refractivity contribution in [3.05, 3.63) is 231 Å². The van der Waals surface area contributed by atoms with Crippen molar-refractivity contribution in [2.75, 3.05) is 0 Å². The topological polar surface area (TPSA) is 8.82 Å². The normalized spacial score (nSPS) is 11.9. The zero-order valence-corrected chi connectivity index (χ0v) is 33.8. The van der Waals surface area contributed by atoms with E-state index in [4.69, 9.17) is 0 Å². The Kier molecular flexibility index (Phi) is 7.64. The smallest absolute Gasteiger partial charge is 0.0783 e. The Hall–Kier alpha value is -8.20. The molecule has 2 nitrogen and oxygen atoms in total. The van der Waals surface area contributed by atoms with Crippen LogP contribution in [-0.2, 0) is 0 Å². The van der Waals surface area contributed by atoms with Crippen LogP contribution in [0.2, 0.25) is 0 Å². The van der Waals surface area contributed by atoms with Gasteiger partial charge in [-0.05, 0) is 127 Å². The SMILES string of the molecule is c1ccc(-c2cccc(-c3cc4c5cc(-c6ccccc6)ccc5n5c6cc(-c7cccc(-c8ccccc8)c7)cc7c8cc(-c9ccccc9)ccc8n(c(c3)c45)c76)c2)cc1. The van der Waals surface area contributed by atoms with E-state index < -0.39 is 0 Å². The van der Waals surface area contributed by atoms with E-state index in [2.05, 4.69) is 239 Å². The summed E-state index contributed by atoms with van der Waals surface area (Å²) in [6.07, 6.45) is 0. The summed E-state index contributed by atoms with van der Waals surface area (Å²) in [6.45, 7) is 0. The maximum Gasteiger partial charge on any atom is 0.0783 e. The number of nitrogens with zero attached hydrogens (tertiary/aromatic N) is 2. The number of benzene rings is 10. The van der Waals surface area contributed by atoms with Crippen molar-refractivity contribution in [1.82, 2.24) is 8.80 Å². The van der Waals surface area contributed by atoms with Gasteiger partial charge in [-0.25, -0.2) is 0 Å². The molecule has 13 rings (SSSR count). The molecule has 62 heavy (non-hydrogen) atoms. The van der Waals surface area contributed by atoms with Gasteiger partial charge in [0, 0.05) is 21.5 Å². The second kappa shape index (κ2) is 13.7. The highest BCUT2D eigenvalue weighted by Crippen LogP contribution is 2.46. The summed E-state index contributed by atoms with van der Waals surface area (Å²) in [6, 6.07) is 84.8. The molecule has 0 unspecified atom stereocenters. The quantitative estimate of drug-likeness (QED) is 0.148. The van der Waals surface area contributed by atoms with Gasteiger partial charge in [-0.2, -0.15) is 0 Å². The van der Waals surface area contributed by atoms with Crippen molar-refractivity contribution < 1.29 is 0 Å². The molecule has 0 atom stereocenters. The van der Waals surface area contributed by atoms with E-state index in [1.807, 2.05) is 0 Å². The van der Waals surface area contributed by atoms with Crippen LogP contribution in [0.25, 0.3) is 121 Å². The van der Waals surface area contributed by atoms with Crippen LogP contribution in [0.1, 0.15) is 0 Å². The fourth-order valence-corrected chi connectivity index (χ4v) is 10.1. The van der Waals surface area contributed by atoms with Crippen LogP contribution in [0.3, 0.4) is 0 Å². The largest absolute Gasteiger partial charge is 0.305 e. The van der Waals surface area contributed by atoms with Crippen LogP contribution >= 0.6 is 0 Å². The molecule has 2 heteroatoms. The molecule has 0 aliphatic carbocycles. The lowest BCUT2D eigenvalue weighted by molar-refractivity contribution is 1.26. The number of rotatable bonds is 6. The predicted molar refractivity (Wildman–Crippen MR) is 262 cm³/mol.